The molecule has 4 atom stereocenters. The van der Waals surface area contributed by atoms with E-state index in [1.807, 2.05) is 0 Å². The fraction of sp³-hybridized carbons (Fsp3) is 0.905. The molecule has 0 rings (SSSR count). The zero-order valence-electron chi connectivity index (χ0n) is 33.6. The van der Waals surface area contributed by atoms with Gasteiger partial charge in [-0.2, -0.15) is 0 Å². The monoisotopic (exact) mass is 743 g/mol. The fourth-order valence-electron chi connectivity index (χ4n) is 6.99. The van der Waals surface area contributed by atoms with Crippen LogP contribution in [0.2, 0.25) is 0 Å². The Morgan fingerprint density at radius 2 is 0.808 bits per heavy atom. The van der Waals surface area contributed by atoms with Gasteiger partial charge in [-0.15, -0.1) is 0 Å². The van der Waals surface area contributed by atoms with Crippen LogP contribution in [0.5, 0.6) is 0 Å². The molecular weight excluding hydrogens is 664 g/mol. The summed E-state index contributed by atoms with van der Waals surface area (Å²) < 4.78 is 5.42. The molecule has 0 aliphatic rings. The van der Waals surface area contributed by atoms with Crippen LogP contribution in [0, 0.1) is 0 Å². The molecule has 0 aromatic carbocycles. The second-order valence-corrected chi connectivity index (χ2v) is 15.0. The molecule has 0 spiro atoms. The highest BCUT2D eigenvalue weighted by Gasteiger charge is 2.73. The first-order valence-electron chi connectivity index (χ1n) is 21.1. The van der Waals surface area contributed by atoms with E-state index in [0.29, 0.717) is 25.7 Å². The topological polar surface area (TPSA) is 179 Å². The Bertz CT molecular complexity index is 970. The predicted molar refractivity (Wildman–Crippen MR) is 206 cm³/mol. The number of hydrogen-bond donors (Lipinski definition) is 5. The maximum Gasteiger partial charge on any atom is 0.305 e. The second kappa shape index (κ2) is 29.6. The number of hydrogen-bond acceptors (Lipinski definition) is 10. The summed E-state index contributed by atoms with van der Waals surface area (Å²) in [6.45, 7) is 5.89. The van der Waals surface area contributed by atoms with Gasteiger partial charge in [-0.25, -0.2) is 0 Å². The summed E-state index contributed by atoms with van der Waals surface area (Å²) in [5, 5.41) is 58.5. The molecule has 0 aliphatic heterocycles. The minimum Gasteiger partial charge on any atom is -0.462 e. The van der Waals surface area contributed by atoms with Gasteiger partial charge in [0, 0.05) is 25.7 Å². The molecule has 52 heavy (non-hydrogen) atoms. The summed E-state index contributed by atoms with van der Waals surface area (Å²) >= 11 is 0. The van der Waals surface area contributed by atoms with Crippen molar-refractivity contribution >= 4 is 23.3 Å². The van der Waals surface area contributed by atoms with Gasteiger partial charge in [0.25, 0.3) is 0 Å². The first-order valence-corrected chi connectivity index (χ1v) is 21.1. The van der Waals surface area contributed by atoms with Crippen LogP contribution in [0.4, 0.5) is 0 Å². The maximum atomic E-state index is 14.3. The molecule has 5 N–H and O–H groups in total. The number of ketones is 3. The molecule has 0 amide bonds. The Morgan fingerprint density at radius 1 is 0.481 bits per heavy atom. The first kappa shape index (κ1) is 50.3. The normalized spacial score (nSPS) is 15.7. The summed E-state index contributed by atoms with van der Waals surface area (Å²) in [5.74, 6) is -4.24. The third kappa shape index (κ3) is 16.7. The molecule has 0 aromatic rings. The van der Waals surface area contributed by atoms with E-state index < -0.39 is 65.9 Å². The van der Waals surface area contributed by atoms with Gasteiger partial charge in [0.05, 0.1) is 6.61 Å². The van der Waals surface area contributed by atoms with Crippen molar-refractivity contribution in [2.24, 2.45) is 0 Å². The molecule has 0 saturated heterocycles. The molecule has 0 aliphatic carbocycles. The van der Waals surface area contributed by atoms with Crippen molar-refractivity contribution in [1.82, 2.24) is 0 Å². The van der Waals surface area contributed by atoms with E-state index in [1.165, 1.54) is 0 Å². The lowest BCUT2D eigenvalue weighted by Crippen LogP contribution is -2.81. The quantitative estimate of drug-likeness (QED) is 0.0312. The molecule has 306 valence electrons. The van der Waals surface area contributed by atoms with E-state index >= 15 is 0 Å². The smallest absolute Gasteiger partial charge is 0.305 e. The average molecular weight is 743 g/mol. The van der Waals surface area contributed by atoms with Gasteiger partial charge in [-0.3, -0.25) is 19.2 Å². The highest BCUT2D eigenvalue weighted by Crippen LogP contribution is 2.42. The van der Waals surface area contributed by atoms with Crippen molar-refractivity contribution in [3.05, 3.63) is 0 Å². The van der Waals surface area contributed by atoms with Crippen LogP contribution in [0.1, 0.15) is 207 Å². The lowest BCUT2D eigenvalue weighted by molar-refractivity contribution is -0.259. The first-order chi connectivity index (χ1) is 24.9. The molecule has 10 nitrogen and oxygen atoms in total. The number of Topliss-reactive ketones (excluding diaryl/α,β-unsaturated/α-hetero) is 3. The van der Waals surface area contributed by atoms with E-state index in [-0.39, 0.29) is 38.5 Å². The van der Waals surface area contributed by atoms with Gasteiger partial charge in [0.2, 0.25) is 5.60 Å². The molecule has 0 saturated carbocycles. The van der Waals surface area contributed by atoms with Gasteiger partial charge in [0.1, 0.15) is 12.7 Å². The molecule has 0 aromatic heterocycles. The second-order valence-electron chi connectivity index (χ2n) is 15.0. The number of unbranched alkanes of at least 4 members (excludes halogenated alkanes) is 20. The van der Waals surface area contributed by atoms with Gasteiger partial charge in [-0.1, -0.05) is 156 Å². The van der Waals surface area contributed by atoms with Crippen molar-refractivity contribution in [3.8, 4) is 0 Å². The van der Waals surface area contributed by atoms with Gasteiger partial charge < -0.3 is 30.3 Å². The van der Waals surface area contributed by atoms with Crippen molar-refractivity contribution < 1.29 is 49.4 Å². The summed E-state index contributed by atoms with van der Waals surface area (Å²) in [4.78, 5) is 55.4. The zero-order valence-corrected chi connectivity index (χ0v) is 33.6. The van der Waals surface area contributed by atoms with Crippen molar-refractivity contribution in [2.45, 2.75) is 230 Å². The Hall–Kier alpha value is -1.72. The van der Waals surface area contributed by atoms with Crippen molar-refractivity contribution in [2.75, 3.05) is 13.2 Å². The van der Waals surface area contributed by atoms with Crippen LogP contribution in [-0.2, 0) is 23.9 Å². The fourth-order valence-corrected chi connectivity index (χ4v) is 6.99. The highest BCUT2D eigenvalue weighted by molar-refractivity contribution is 6.06. The van der Waals surface area contributed by atoms with E-state index in [1.54, 1.807) is 0 Å². The average Bonchev–Trinajstić information content (AvgIpc) is 3.14. The SMILES string of the molecule is CCCCCCCCC(=O)OC[C@](O)(C(=O)CCCCCCCC)[C@](O)(C(=O)CCCCCCCC)[C@@](O)(C(=O)CCCCCCCC)[C@@H](O)CO. The largest absolute Gasteiger partial charge is 0.462 e. The van der Waals surface area contributed by atoms with Gasteiger partial charge in [-0.05, 0) is 25.7 Å². The Labute approximate surface area is 315 Å². The molecule has 0 unspecified atom stereocenters. The number of aliphatic hydroxyl groups is 5. The minimum atomic E-state index is -3.62. The Balaban J connectivity index is 6.78. The third-order valence-corrected chi connectivity index (χ3v) is 10.5. The standard InChI is InChI=1S/C42H78O10/c1-5-9-13-17-21-25-29-35(44)40(49,34-52-39(48)32-28-24-20-16-12-8-4)42(51,37(46)31-27-23-19-15-11-7-3)41(50,38(47)33-43)36(45)30-26-22-18-14-10-6-2/h38,43,47,49-51H,5-34H2,1-4H3/t38-,40-,41+,42+/m0/s1. The van der Waals surface area contributed by atoms with Gasteiger partial charge >= 0.3 is 5.97 Å². The summed E-state index contributed by atoms with van der Waals surface area (Å²) in [6, 6.07) is 0. The summed E-state index contributed by atoms with van der Waals surface area (Å²) in [5.41, 5.74) is -10.4. The third-order valence-electron chi connectivity index (χ3n) is 10.5. The van der Waals surface area contributed by atoms with E-state index in [9.17, 15) is 44.7 Å². The van der Waals surface area contributed by atoms with Crippen LogP contribution >= 0.6 is 0 Å². The molecule has 0 heterocycles. The number of carbonyl (C=O) groups is 4. The Kier molecular flexibility index (Phi) is 28.6. The number of carbonyl (C=O) groups excluding carboxylic acids is 4. The summed E-state index contributed by atoms with van der Waals surface area (Å²) in [7, 11) is 0. The molecule has 0 bridgehead atoms. The van der Waals surface area contributed by atoms with E-state index in [0.717, 1.165) is 109 Å². The number of aliphatic hydroxyl groups excluding tert-OH is 2. The van der Waals surface area contributed by atoms with Crippen LogP contribution in [0.25, 0.3) is 0 Å². The van der Waals surface area contributed by atoms with E-state index in [2.05, 4.69) is 27.7 Å². The highest BCUT2D eigenvalue weighted by atomic mass is 16.5. The molecular formula is C42H78O10. The van der Waals surface area contributed by atoms with Crippen LogP contribution in [0.15, 0.2) is 0 Å². The lowest BCUT2D eigenvalue weighted by Gasteiger charge is -2.50. The number of esters is 1. The predicted octanol–water partition coefficient (Wildman–Crippen LogP) is 7.79. The minimum absolute atomic E-state index is 0.0293. The molecule has 0 radical (unpaired) electrons. The Morgan fingerprint density at radius 3 is 1.19 bits per heavy atom. The van der Waals surface area contributed by atoms with Crippen LogP contribution in [-0.4, -0.2) is 85.0 Å². The van der Waals surface area contributed by atoms with Crippen LogP contribution < -0.4 is 0 Å². The number of ether oxygens (including phenoxy) is 1. The number of rotatable bonds is 37. The molecule has 10 heteroatoms. The summed E-state index contributed by atoms with van der Waals surface area (Å²) in [6.07, 6.45) is 15.7. The van der Waals surface area contributed by atoms with Crippen molar-refractivity contribution in [1.29, 1.82) is 0 Å². The van der Waals surface area contributed by atoms with E-state index in [4.69, 9.17) is 4.74 Å². The lowest BCUT2D eigenvalue weighted by atomic mass is 9.61. The van der Waals surface area contributed by atoms with Gasteiger partial charge in [0.15, 0.2) is 28.6 Å². The zero-order chi connectivity index (χ0) is 39.3. The maximum absolute atomic E-state index is 14.3. The van der Waals surface area contributed by atoms with Crippen molar-refractivity contribution in [3.63, 3.8) is 0 Å². The van der Waals surface area contributed by atoms with Crippen LogP contribution in [0.3, 0.4) is 0 Å². The molecule has 0 fully saturated rings.